The first kappa shape index (κ1) is 12.9. The van der Waals surface area contributed by atoms with E-state index in [1.54, 1.807) is 4.90 Å². The predicted octanol–water partition coefficient (Wildman–Crippen LogP) is 1.74. The Morgan fingerprint density at radius 3 is 2.70 bits per heavy atom. The summed E-state index contributed by atoms with van der Waals surface area (Å²) in [6, 6.07) is 13.8. The maximum absolute atomic E-state index is 12.5. The van der Waals surface area contributed by atoms with Crippen LogP contribution in [-0.2, 0) is 6.54 Å². The molecule has 3 rings (SSSR count). The monoisotopic (exact) mass is 270 g/mol. The lowest BCUT2D eigenvalue weighted by Gasteiger charge is -2.17. The number of rotatable bonds is 3. The summed E-state index contributed by atoms with van der Waals surface area (Å²) in [7, 11) is 0. The minimum Gasteiger partial charge on any atom is -0.391 e. The van der Waals surface area contributed by atoms with Gasteiger partial charge in [-0.05, 0) is 24.1 Å². The number of aromatic nitrogens is 1. The second-order valence-electron chi connectivity index (χ2n) is 5.20. The van der Waals surface area contributed by atoms with Crippen LogP contribution in [-0.4, -0.2) is 39.7 Å². The molecule has 1 unspecified atom stereocenters. The highest BCUT2D eigenvalue weighted by Crippen LogP contribution is 2.15. The third kappa shape index (κ3) is 2.60. The van der Waals surface area contributed by atoms with Crippen molar-refractivity contribution in [3.8, 4) is 0 Å². The molecule has 2 heterocycles. The third-order valence-electron chi connectivity index (χ3n) is 3.69. The highest BCUT2D eigenvalue weighted by molar-refractivity contribution is 5.93. The molecule has 1 N–H and O–H groups in total. The van der Waals surface area contributed by atoms with Crippen molar-refractivity contribution in [3.63, 3.8) is 0 Å². The minimum absolute atomic E-state index is 0.00230. The first-order valence-corrected chi connectivity index (χ1v) is 6.90. The number of aliphatic hydroxyl groups is 1. The van der Waals surface area contributed by atoms with Crippen LogP contribution in [0, 0.1) is 0 Å². The van der Waals surface area contributed by atoms with Gasteiger partial charge < -0.3 is 14.6 Å². The van der Waals surface area contributed by atoms with E-state index in [9.17, 15) is 9.90 Å². The van der Waals surface area contributed by atoms with Crippen LogP contribution < -0.4 is 0 Å². The molecule has 4 heteroatoms. The molecule has 0 spiro atoms. The molecule has 0 radical (unpaired) electrons. The first-order valence-electron chi connectivity index (χ1n) is 6.90. The number of aliphatic hydroxyl groups excluding tert-OH is 1. The summed E-state index contributed by atoms with van der Waals surface area (Å²) in [5, 5.41) is 9.55. The Kier molecular flexibility index (Phi) is 3.56. The number of β-amino-alcohol motifs (C(OH)–C–C–N with tert-alkyl or cyclic N) is 1. The number of amides is 1. The van der Waals surface area contributed by atoms with E-state index in [1.165, 1.54) is 5.56 Å². The molecule has 1 aliphatic rings. The molecule has 0 aliphatic carbocycles. The molecule has 2 aromatic rings. The van der Waals surface area contributed by atoms with Crippen molar-refractivity contribution in [1.82, 2.24) is 9.47 Å². The van der Waals surface area contributed by atoms with Gasteiger partial charge in [0.1, 0.15) is 5.69 Å². The van der Waals surface area contributed by atoms with E-state index in [2.05, 4.69) is 0 Å². The summed E-state index contributed by atoms with van der Waals surface area (Å²) in [4.78, 5) is 14.2. The lowest BCUT2D eigenvalue weighted by molar-refractivity contribution is 0.0755. The minimum atomic E-state index is -0.378. The number of benzene rings is 1. The smallest absolute Gasteiger partial charge is 0.270 e. The molecule has 1 atom stereocenters. The zero-order chi connectivity index (χ0) is 13.9. The number of hydrogen-bond acceptors (Lipinski definition) is 2. The van der Waals surface area contributed by atoms with Crippen LogP contribution in [0.2, 0.25) is 0 Å². The van der Waals surface area contributed by atoms with Gasteiger partial charge in [0, 0.05) is 25.8 Å². The molecule has 1 fully saturated rings. The van der Waals surface area contributed by atoms with E-state index >= 15 is 0 Å². The largest absolute Gasteiger partial charge is 0.391 e. The van der Waals surface area contributed by atoms with Gasteiger partial charge in [0.05, 0.1) is 6.10 Å². The summed E-state index contributed by atoms with van der Waals surface area (Å²) in [5.41, 5.74) is 1.85. The highest BCUT2D eigenvalue weighted by atomic mass is 16.3. The molecule has 0 bridgehead atoms. The van der Waals surface area contributed by atoms with Crippen LogP contribution in [0.15, 0.2) is 48.7 Å². The Labute approximate surface area is 118 Å². The molecule has 1 aromatic heterocycles. The summed E-state index contributed by atoms with van der Waals surface area (Å²) >= 11 is 0. The summed E-state index contributed by atoms with van der Waals surface area (Å²) < 4.78 is 1.96. The van der Waals surface area contributed by atoms with Gasteiger partial charge in [-0.15, -0.1) is 0 Å². The van der Waals surface area contributed by atoms with Gasteiger partial charge in [-0.2, -0.15) is 0 Å². The van der Waals surface area contributed by atoms with E-state index < -0.39 is 0 Å². The van der Waals surface area contributed by atoms with Gasteiger partial charge in [0.2, 0.25) is 0 Å². The van der Waals surface area contributed by atoms with Crippen molar-refractivity contribution >= 4 is 5.91 Å². The van der Waals surface area contributed by atoms with E-state index in [4.69, 9.17) is 0 Å². The zero-order valence-electron chi connectivity index (χ0n) is 11.3. The Hall–Kier alpha value is -2.07. The Balaban J connectivity index is 1.78. The van der Waals surface area contributed by atoms with E-state index in [0.29, 0.717) is 31.7 Å². The van der Waals surface area contributed by atoms with Crippen LogP contribution in [0.5, 0.6) is 0 Å². The van der Waals surface area contributed by atoms with Crippen LogP contribution >= 0.6 is 0 Å². The number of nitrogens with zero attached hydrogens (tertiary/aromatic N) is 2. The number of carbonyl (C=O) groups excluding carboxylic acids is 1. The second kappa shape index (κ2) is 5.51. The summed E-state index contributed by atoms with van der Waals surface area (Å²) in [5.74, 6) is 0.00230. The quantitative estimate of drug-likeness (QED) is 0.923. The molecule has 1 aromatic carbocycles. The van der Waals surface area contributed by atoms with Gasteiger partial charge in [-0.25, -0.2) is 0 Å². The SMILES string of the molecule is O=C(c1cccn1Cc1ccccc1)N1CCC(O)C1. The van der Waals surface area contributed by atoms with Crippen molar-refractivity contribution in [2.45, 2.75) is 19.1 Å². The predicted molar refractivity (Wildman–Crippen MR) is 76.5 cm³/mol. The standard InChI is InChI=1S/C16H18N2O2/c19-14-8-10-18(12-14)16(20)15-7-4-9-17(15)11-13-5-2-1-3-6-13/h1-7,9,14,19H,8,10-12H2. The molecular weight excluding hydrogens is 252 g/mol. The van der Waals surface area contributed by atoms with Gasteiger partial charge in [0.25, 0.3) is 5.91 Å². The Bertz CT molecular complexity index is 592. The molecule has 0 saturated carbocycles. The molecule has 4 nitrogen and oxygen atoms in total. The molecular formula is C16H18N2O2. The second-order valence-corrected chi connectivity index (χ2v) is 5.20. The van der Waals surface area contributed by atoms with Gasteiger partial charge in [0.15, 0.2) is 0 Å². The lowest BCUT2D eigenvalue weighted by atomic mass is 10.2. The van der Waals surface area contributed by atoms with Gasteiger partial charge >= 0.3 is 0 Å². The van der Waals surface area contributed by atoms with Crippen LogP contribution in [0.1, 0.15) is 22.5 Å². The summed E-state index contributed by atoms with van der Waals surface area (Å²) in [6.45, 7) is 1.76. The molecule has 104 valence electrons. The highest BCUT2D eigenvalue weighted by Gasteiger charge is 2.26. The summed E-state index contributed by atoms with van der Waals surface area (Å²) in [6.07, 6.45) is 2.22. The third-order valence-corrected chi connectivity index (χ3v) is 3.69. The maximum Gasteiger partial charge on any atom is 0.270 e. The van der Waals surface area contributed by atoms with Crippen molar-refractivity contribution in [2.75, 3.05) is 13.1 Å². The Morgan fingerprint density at radius 2 is 2.00 bits per heavy atom. The van der Waals surface area contributed by atoms with Gasteiger partial charge in [-0.3, -0.25) is 4.79 Å². The fourth-order valence-electron chi connectivity index (χ4n) is 2.61. The van der Waals surface area contributed by atoms with Crippen molar-refractivity contribution in [1.29, 1.82) is 0 Å². The molecule has 1 aliphatic heterocycles. The number of carbonyl (C=O) groups is 1. The van der Waals surface area contributed by atoms with Crippen molar-refractivity contribution in [3.05, 3.63) is 59.9 Å². The van der Waals surface area contributed by atoms with Gasteiger partial charge in [-0.1, -0.05) is 30.3 Å². The van der Waals surface area contributed by atoms with E-state index in [0.717, 1.165) is 0 Å². The molecule has 1 saturated heterocycles. The lowest BCUT2D eigenvalue weighted by Crippen LogP contribution is -2.31. The average molecular weight is 270 g/mol. The Morgan fingerprint density at radius 1 is 1.20 bits per heavy atom. The van der Waals surface area contributed by atoms with Crippen molar-refractivity contribution in [2.24, 2.45) is 0 Å². The van der Waals surface area contributed by atoms with E-state index in [1.807, 2.05) is 53.2 Å². The normalized spacial score (nSPS) is 18.4. The fourth-order valence-corrected chi connectivity index (χ4v) is 2.61. The van der Waals surface area contributed by atoms with Crippen LogP contribution in [0.4, 0.5) is 0 Å². The zero-order valence-corrected chi connectivity index (χ0v) is 11.3. The van der Waals surface area contributed by atoms with Crippen molar-refractivity contribution < 1.29 is 9.90 Å². The maximum atomic E-state index is 12.5. The number of hydrogen-bond donors (Lipinski definition) is 1. The number of likely N-dealkylation sites (tertiary alicyclic amines) is 1. The van der Waals surface area contributed by atoms with Crippen LogP contribution in [0.3, 0.4) is 0 Å². The van der Waals surface area contributed by atoms with Crippen LogP contribution in [0.25, 0.3) is 0 Å². The average Bonchev–Trinajstić information content (AvgIpc) is 3.08. The van der Waals surface area contributed by atoms with E-state index in [-0.39, 0.29) is 12.0 Å². The topological polar surface area (TPSA) is 45.5 Å². The molecule has 20 heavy (non-hydrogen) atoms. The first-order chi connectivity index (χ1) is 9.74. The molecule has 1 amide bonds. The fraction of sp³-hybridized carbons (Fsp3) is 0.312.